The van der Waals surface area contributed by atoms with Crippen molar-refractivity contribution in [3.63, 3.8) is 0 Å². The van der Waals surface area contributed by atoms with Crippen LogP contribution in [0.15, 0.2) is 30.7 Å². The molecule has 1 unspecified atom stereocenters. The lowest BCUT2D eigenvalue weighted by Crippen LogP contribution is -2.17. The lowest BCUT2D eigenvalue weighted by atomic mass is 10.1. The topological polar surface area (TPSA) is 29.9 Å². The molecule has 19 heavy (non-hydrogen) atoms. The smallest absolute Gasteiger partial charge is 0.131 e. The first kappa shape index (κ1) is 12.3. The third-order valence-corrected chi connectivity index (χ3v) is 3.52. The molecule has 0 aliphatic carbocycles. The predicted octanol–water partition coefficient (Wildman–Crippen LogP) is 2.63. The summed E-state index contributed by atoms with van der Waals surface area (Å²) in [5.41, 5.74) is 1.53. The Morgan fingerprint density at radius 2 is 2.26 bits per heavy atom. The van der Waals surface area contributed by atoms with Crippen LogP contribution in [0, 0.1) is 11.6 Å². The van der Waals surface area contributed by atoms with Gasteiger partial charge in [0.05, 0.1) is 18.6 Å². The molecular formula is C14H15F2N3. The van der Waals surface area contributed by atoms with Crippen LogP contribution in [-0.2, 0) is 6.54 Å². The standard InChI is InChI=1S/C14H15F2N3/c15-11-4-3-10(12(16)6-11)8-19-9-17-7-14(19)13-2-1-5-18-13/h3-4,6-7,9,13,18H,1-2,5,8H2. The number of rotatable bonds is 3. The summed E-state index contributed by atoms with van der Waals surface area (Å²) in [6.07, 6.45) is 5.71. The molecule has 2 aromatic rings. The van der Waals surface area contributed by atoms with Gasteiger partial charge in [-0.25, -0.2) is 13.8 Å². The van der Waals surface area contributed by atoms with Crippen LogP contribution in [0.3, 0.4) is 0 Å². The van der Waals surface area contributed by atoms with Crippen molar-refractivity contribution in [1.82, 2.24) is 14.9 Å². The molecule has 1 saturated heterocycles. The molecule has 5 heteroatoms. The largest absolute Gasteiger partial charge is 0.329 e. The van der Waals surface area contributed by atoms with Gasteiger partial charge in [-0.2, -0.15) is 0 Å². The molecule has 1 N–H and O–H groups in total. The molecule has 1 aromatic heterocycles. The summed E-state index contributed by atoms with van der Waals surface area (Å²) in [5, 5.41) is 3.39. The Morgan fingerprint density at radius 1 is 1.37 bits per heavy atom. The molecule has 100 valence electrons. The van der Waals surface area contributed by atoms with Crippen LogP contribution in [0.1, 0.15) is 30.1 Å². The van der Waals surface area contributed by atoms with E-state index < -0.39 is 11.6 Å². The van der Waals surface area contributed by atoms with Gasteiger partial charge < -0.3 is 9.88 Å². The number of hydrogen-bond acceptors (Lipinski definition) is 2. The van der Waals surface area contributed by atoms with Crippen molar-refractivity contribution < 1.29 is 8.78 Å². The van der Waals surface area contributed by atoms with Crippen molar-refractivity contribution in [2.75, 3.05) is 6.54 Å². The van der Waals surface area contributed by atoms with Crippen molar-refractivity contribution in [2.24, 2.45) is 0 Å². The van der Waals surface area contributed by atoms with Gasteiger partial charge in [0.15, 0.2) is 0 Å². The van der Waals surface area contributed by atoms with Crippen molar-refractivity contribution in [2.45, 2.75) is 25.4 Å². The molecule has 0 radical (unpaired) electrons. The van der Waals surface area contributed by atoms with Gasteiger partial charge in [0, 0.05) is 23.9 Å². The number of hydrogen-bond donors (Lipinski definition) is 1. The first-order valence-electron chi connectivity index (χ1n) is 6.41. The maximum Gasteiger partial charge on any atom is 0.131 e. The number of halogens is 2. The first-order chi connectivity index (χ1) is 9.24. The Bertz CT molecular complexity index is 574. The van der Waals surface area contributed by atoms with E-state index in [1.165, 1.54) is 12.1 Å². The van der Waals surface area contributed by atoms with Crippen molar-refractivity contribution in [1.29, 1.82) is 0 Å². The third kappa shape index (κ3) is 2.51. The highest BCUT2D eigenvalue weighted by molar-refractivity contribution is 5.20. The van der Waals surface area contributed by atoms with E-state index in [0.717, 1.165) is 31.1 Å². The second-order valence-electron chi connectivity index (χ2n) is 4.83. The van der Waals surface area contributed by atoms with Crippen LogP contribution >= 0.6 is 0 Å². The fourth-order valence-corrected chi connectivity index (χ4v) is 2.52. The van der Waals surface area contributed by atoms with Crippen LogP contribution in [0.5, 0.6) is 0 Å². The fourth-order valence-electron chi connectivity index (χ4n) is 2.52. The molecule has 3 rings (SSSR count). The summed E-state index contributed by atoms with van der Waals surface area (Å²) < 4.78 is 28.5. The van der Waals surface area contributed by atoms with E-state index in [1.807, 2.05) is 10.8 Å². The highest BCUT2D eigenvalue weighted by atomic mass is 19.1. The summed E-state index contributed by atoms with van der Waals surface area (Å²) >= 11 is 0. The van der Waals surface area contributed by atoms with Crippen molar-refractivity contribution in [3.05, 3.63) is 53.6 Å². The number of nitrogens with zero attached hydrogens (tertiary/aromatic N) is 2. The van der Waals surface area contributed by atoms with E-state index in [1.54, 1.807) is 6.33 Å². The minimum Gasteiger partial charge on any atom is -0.329 e. The molecule has 1 aliphatic heterocycles. The van der Waals surface area contributed by atoms with Crippen molar-refractivity contribution >= 4 is 0 Å². The minimum atomic E-state index is -0.551. The Kier molecular flexibility index (Phi) is 3.29. The maximum atomic E-state index is 13.7. The van der Waals surface area contributed by atoms with Gasteiger partial charge in [-0.05, 0) is 25.5 Å². The van der Waals surface area contributed by atoms with E-state index in [-0.39, 0.29) is 6.04 Å². The molecule has 1 atom stereocenters. The zero-order valence-electron chi connectivity index (χ0n) is 10.4. The van der Waals surface area contributed by atoms with Gasteiger partial charge in [-0.15, -0.1) is 0 Å². The highest BCUT2D eigenvalue weighted by Crippen LogP contribution is 2.23. The highest BCUT2D eigenvalue weighted by Gasteiger charge is 2.20. The van der Waals surface area contributed by atoms with Gasteiger partial charge in [0.1, 0.15) is 11.6 Å². The lowest BCUT2D eigenvalue weighted by Gasteiger charge is -2.14. The SMILES string of the molecule is Fc1ccc(Cn2cncc2C2CCCN2)c(F)c1. The minimum absolute atomic E-state index is 0.283. The van der Waals surface area contributed by atoms with E-state index in [2.05, 4.69) is 10.3 Å². The summed E-state index contributed by atoms with van der Waals surface area (Å²) in [6, 6.07) is 3.96. The number of imidazole rings is 1. The molecule has 0 saturated carbocycles. The summed E-state index contributed by atoms with van der Waals surface area (Å²) in [4.78, 5) is 4.14. The second-order valence-corrected chi connectivity index (χ2v) is 4.83. The zero-order chi connectivity index (χ0) is 13.2. The van der Waals surface area contributed by atoms with Gasteiger partial charge >= 0.3 is 0 Å². The molecule has 1 fully saturated rings. The molecule has 1 aromatic carbocycles. The maximum absolute atomic E-state index is 13.7. The first-order valence-corrected chi connectivity index (χ1v) is 6.41. The Hall–Kier alpha value is -1.75. The average molecular weight is 263 g/mol. The van der Waals surface area contributed by atoms with Crippen LogP contribution < -0.4 is 5.32 Å². The molecule has 3 nitrogen and oxygen atoms in total. The van der Waals surface area contributed by atoms with E-state index in [0.29, 0.717) is 12.1 Å². The fraction of sp³-hybridized carbons (Fsp3) is 0.357. The third-order valence-electron chi connectivity index (χ3n) is 3.52. The summed E-state index contributed by atoms with van der Waals surface area (Å²) in [7, 11) is 0. The van der Waals surface area contributed by atoms with Gasteiger partial charge in [0.2, 0.25) is 0 Å². The Labute approximate surface area is 110 Å². The van der Waals surface area contributed by atoms with E-state index >= 15 is 0 Å². The molecular weight excluding hydrogens is 248 g/mol. The van der Waals surface area contributed by atoms with E-state index in [9.17, 15) is 8.78 Å². The van der Waals surface area contributed by atoms with Gasteiger partial charge in [-0.1, -0.05) is 6.07 Å². The number of aromatic nitrogens is 2. The molecule has 0 bridgehead atoms. The van der Waals surface area contributed by atoms with Crippen LogP contribution in [0.25, 0.3) is 0 Å². The van der Waals surface area contributed by atoms with Crippen LogP contribution in [-0.4, -0.2) is 16.1 Å². The zero-order valence-corrected chi connectivity index (χ0v) is 10.4. The Morgan fingerprint density at radius 3 is 3.00 bits per heavy atom. The second kappa shape index (κ2) is 5.09. The van der Waals surface area contributed by atoms with Crippen molar-refractivity contribution in [3.8, 4) is 0 Å². The van der Waals surface area contributed by atoms with E-state index in [4.69, 9.17) is 0 Å². The molecule has 0 amide bonds. The van der Waals surface area contributed by atoms with Crippen LogP contribution in [0.2, 0.25) is 0 Å². The average Bonchev–Trinajstić information content (AvgIpc) is 3.03. The normalized spacial score (nSPS) is 18.9. The number of benzene rings is 1. The quantitative estimate of drug-likeness (QED) is 0.922. The van der Waals surface area contributed by atoms with Gasteiger partial charge in [0.25, 0.3) is 0 Å². The Balaban J connectivity index is 1.85. The molecule has 2 heterocycles. The monoisotopic (exact) mass is 263 g/mol. The lowest BCUT2D eigenvalue weighted by molar-refractivity contribution is 0.550. The van der Waals surface area contributed by atoms with Crippen LogP contribution in [0.4, 0.5) is 8.78 Å². The number of nitrogens with one attached hydrogen (secondary N) is 1. The van der Waals surface area contributed by atoms with Gasteiger partial charge in [-0.3, -0.25) is 0 Å². The summed E-state index contributed by atoms with van der Waals surface area (Å²) in [5.74, 6) is -1.07. The molecule has 1 aliphatic rings. The summed E-state index contributed by atoms with van der Waals surface area (Å²) in [6.45, 7) is 1.38. The molecule has 0 spiro atoms. The predicted molar refractivity (Wildman–Crippen MR) is 67.7 cm³/mol.